The monoisotopic (exact) mass is 213 g/mol. The first-order valence-corrected chi connectivity index (χ1v) is 0. The van der Waals surface area contributed by atoms with Crippen molar-refractivity contribution in [3.8, 4) is 0 Å². The maximum atomic E-state index is 0. The Hall–Kier alpha value is 3.49. The molecule has 0 N–H and O–H groups in total. The SMILES string of the molecule is P.[CaH2].[Fe].[MgH2].[Mn]. The summed E-state index contributed by atoms with van der Waals surface area (Å²) in [6, 6.07) is 0. The fourth-order valence-electron chi connectivity index (χ4n) is 0. The van der Waals surface area contributed by atoms with Crippen LogP contribution in [-0.2, 0) is 34.1 Å². The molecule has 0 saturated carbocycles. The Morgan fingerprint density at radius 3 is 1.00 bits per heavy atom. The zero-order chi connectivity index (χ0) is 0. The Morgan fingerprint density at radius 2 is 1.00 bits per heavy atom. The largest absolute Gasteiger partial charge is 0.316 e. The van der Waals surface area contributed by atoms with E-state index in [2.05, 4.69) is 0 Å². The minimum absolute atomic E-state index is 0. The molecule has 1 atom stereocenters. The maximum Gasteiger partial charge on any atom is 0.316 e. The molecule has 0 aliphatic heterocycles. The summed E-state index contributed by atoms with van der Waals surface area (Å²) >= 11 is 0. The molecule has 0 amide bonds. The summed E-state index contributed by atoms with van der Waals surface area (Å²) in [4.78, 5) is 0. The quantitative estimate of drug-likeness (QED) is 0.330. The molecule has 5 heavy (non-hydrogen) atoms. The first-order chi connectivity index (χ1) is 0. The molecule has 0 aromatic rings. The molecule has 1 radical (unpaired) electrons. The van der Waals surface area contributed by atoms with Crippen molar-refractivity contribution in [1.29, 1.82) is 0 Å². The van der Waals surface area contributed by atoms with Crippen LogP contribution in [-0.4, -0.2) is 60.8 Å². The topological polar surface area (TPSA) is 0 Å². The van der Waals surface area contributed by atoms with E-state index in [4.69, 9.17) is 0 Å². The molecule has 0 bridgehead atoms. The fraction of sp³-hybridized carbons (Fsp3) is 0. The molecule has 0 saturated heterocycles. The van der Waals surface area contributed by atoms with Crippen LogP contribution >= 0.6 is 9.90 Å². The van der Waals surface area contributed by atoms with Gasteiger partial charge in [0.2, 0.25) is 0 Å². The van der Waals surface area contributed by atoms with Crippen LogP contribution in [0.3, 0.4) is 0 Å². The van der Waals surface area contributed by atoms with Crippen LogP contribution in [0, 0.1) is 0 Å². The molecule has 1 unspecified atom stereocenters. The molecule has 5 heteroatoms. The smallest absolute Gasteiger partial charge is 0 e. The maximum absolute atomic E-state index is 0. The molecule has 0 rings (SSSR count). The second kappa shape index (κ2) is 25.9. The molecule has 0 spiro atoms. The molecule has 0 fully saturated rings. The molecule has 0 nitrogen and oxygen atoms in total. The third kappa shape index (κ3) is 18.5. The van der Waals surface area contributed by atoms with E-state index < -0.39 is 0 Å². The first-order valence-electron chi connectivity index (χ1n) is 0. The molecule has 0 aromatic heterocycles. The van der Waals surface area contributed by atoms with E-state index in [0.717, 1.165) is 0 Å². The van der Waals surface area contributed by atoms with Crippen LogP contribution in [0.5, 0.6) is 0 Å². The van der Waals surface area contributed by atoms with Gasteiger partial charge in [0, 0.05) is 34.1 Å². The zero-order valence-electron chi connectivity index (χ0n) is 1.44. The summed E-state index contributed by atoms with van der Waals surface area (Å²) in [5.41, 5.74) is 0. The molecule has 31 valence electrons. The summed E-state index contributed by atoms with van der Waals surface area (Å²) in [5, 5.41) is 0. The Kier molecular flexibility index (Phi) is 202. The van der Waals surface area contributed by atoms with Gasteiger partial charge in [0.1, 0.15) is 0 Å². The van der Waals surface area contributed by atoms with E-state index in [9.17, 15) is 0 Å². The second-order valence-electron chi connectivity index (χ2n) is 0. The molecule has 0 heterocycles. The summed E-state index contributed by atoms with van der Waals surface area (Å²) in [5.74, 6) is 0. The molecular formula is H7CaFeMgMnP. The average Bonchev–Trinajstić information content (AvgIpc) is 0. The predicted octanol–water partition coefficient (Wildman–Crippen LogP) is -1.78. The molecule has 0 aromatic carbocycles. The van der Waals surface area contributed by atoms with E-state index in [0.29, 0.717) is 0 Å². The van der Waals surface area contributed by atoms with Crippen LogP contribution < -0.4 is 0 Å². The van der Waals surface area contributed by atoms with Crippen molar-refractivity contribution < 1.29 is 34.1 Å². The summed E-state index contributed by atoms with van der Waals surface area (Å²) in [6.45, 7) is 0. The Balaban J connectivity index is 0. The van der Waals surface area contributed by atoms with Gasteiger partial charge in [0.15, 0.2) is 0 Å². The van der Waals surface area contributed by atoms with Gasteiger partial charge >= 0.3 is 60.8 Å². The van der Waals surface area contributed by atoms with Crippen molar-refractivity contribution in [2.45, 2.75) is 0 Å². The van der Waals surface area contributed by atoms with Gasteiger partial charge in [-0.2, -0.15) is 9.90 Å². The Bertz CT molecular complexity index is 11.6. The van der Waals surface area contributed by atoms with Crippen molar-refractivity contribution in [3.05, 3.63) is 0 Å². The van der Waals surface area contributed by atoms with Crippen molar-refractivity contribution in [2.24, 2.45) is 0 Å². The van der Waals surface area contributed by atoms with Gasteiger partial charge in [-0.05, 0) is 0 Å². The minimum atomic E-state index is 0. The third-order valence-corrected chi connectivity index (χ3v) is 0. The van der Waals surface area contributed by atoms with Crippen LogP contribution in [0.25, 0.3) is 0 Å². The van der Waals surface area contributed by atoms with E-state index in [-0.39, 0.29) is 105 Å². The molecular weight excluding hydrogens is 206 g/mol. The molecule has 0 aliphatic carbocycles. The van der Waals surface area contributed by atoms with Gasteiger partial charge in [0.05, 0.1) is 0 Å². The van der Waals surface area contributed by atoms with Crippen molar-refractivity contribution in [3.63, 3.8) is 0 Å². The van der Waals surface area contributed by atoms with Gasteiger partial charge in [-0.1, -0.05) is 0 Å². The van der Waals surface area contributed by atoms with Gasteiger partial charge in [-0.15, -0.1) is 0 Å². The number of hydrogen-bond donors (Lipinski definition) is 0. The first kappa shape index (κ1) is 39.1. The standard InChI is InChI=1S/Ca.Fe.Mg.Mn.H3P.4H/h;;;;1H3;;;;. The Labute approximate surface area is 103 Å². The minimum Gasteiger partial charge on any atom is 0 e. The average molecular weight is 213 g/mol. The van der Waals surface area contributed by atoms with Crippen LogP contribution in [0.4, 0.5) is 0 Å². The molecule has 0 aliphatic rings. The number of hydrogen-bond acceptors (Lipinski definition) is 0. The van der Waals surface area contributed by atoms with Crippen LogP contribution in [0.2, 0.25) is 0 Å². The van der Waals surface area contributed by atoms with Crippen molar-refractivity contribution in [1.82, 2.24) is 0 Å². The van der Waals surface area contributed by atoms with E-state index in [1.165, 1.54) is 0 Å². The Morgan fingerprint density at radius 1 is 1.00 bits per heavy atom. The van der Waals surface area contributed by atoms with Crippen LogP contribution in [0.15, 0.2) is 0 Å². The predicted molar refractivity (Wildman–Crippen MR) is 28.2 cm³/mol. The van der Waals surface area contributed by atoms with Gasteiger partial charge in [-0.3, -0.25) is 0 Å². The third-order valence-electron chi connectivity index (χ3n) is 0. The van der Waals surface area contributed by atoms with Gasteiger partial charge in [0.25, 0.3) is 0 Å². The van der Waals surface area contributed by atoms with E-state index in [1.807, 2.05) is 0 Å². The second-order valence-corrected chi connectivity index (χ2v) is 0. The summed E-state index contributed by atoms with van der Waals surface area (Å²) < 4.78 is 0. The van der Waals surface area contributed by atoms with E-state index >= 15 is 0 Å². The van der Waals surface area contributed by atoms with Crippen LogP contribution in [0.1, 0.15) is 0 Å². The normalized spacial score (nSPS) is 0. The zero-order valence-corrected chi connectivity index (χ0v) is 5.14. The van der Waals surface area contributed by atoms with Crippen molar-refractivity contribution in [2.75, 3.05) is 0 Å². The summed E-state index contributed by atoms with van der Waals surface area (Å²) in [6.07, 6.45) is 0. The summed E-state index contributed by atoms with van der Waals surface area (Å²) in [7, 11) is 0. The van der Waals surface area contributed by atoms with E-state index in [1.54, 1.807) is 0 Å². The fourth-order valence-corrected chi connectivity index (χ4v) is 0. The van der Waals surface area contributed by atoms with Gasteiger partial charge < -0.3 is 0 Å². The number of rotatable bonds is 0. The van der Waals surface area contributed by atoms with Crippen molar-refractivity contribution >= 4 is 70.7 Å². The van der Waals surface area contributed by atoms with Gasteiger partial charge in [-0.25, -0.2) is 0 Å².